The van der Waals surface area contributed by atoms with Gasteiger partial charge in [0.15, 0.2) is 11.6 Å². The second-order valence-electron chi connectivity index (χ2n) is 8.24. The maximum atomic E-state index is 13.5. The molecule has 0 atom stereocenters. The summed E-state index contributed by atoms with van der Waals surface area (Å²) in [6.45, 7) is 2.12. The summed E-state index contributed by atoms with van der Waals surface area (Å²) in [7, 11) is 0. The summed E-state index contributed by atoms with van der Waals surface area (Å²) in [6.07, 6.45) is 2.63. The molecule has 0 unspecified atom stereocenters. The molecule has 2 N–H and O–H groups in total. The van der Waals surface area contributed by atoms with Crippen molar-refractivity contribution in [2.24, 2.45) is 0 Å². The molecule has 1 fully saturated rings. The molecule has 5 rings (SSSR count). The van der Waals surface area contributed by atoms with Crippen molar-refractivity contribution in [3.8, 4) is 0 Å². The molecule has 1 saturated carbocycles. The van der Waals surface area contributed by atoms with Gasteiger partial charge >= 0.3 is 0 Å². The van der Waals surface area contributed by atoms with Gasteiger partial charge in [0.1, 0.15) is 10.5 Å². The summed E-state index contributed by atoms with van der Waals surface area (Å²) < 4.78 is 28.5. The third-order valence-electron chi connectivity index (χ3n) is 6.11. The van der Waals surface area contributed by atoms with Crippen LogP contribution in [0.1, 0.15) is 56.4 Å². The fourth-order valence-electron chi connectivity index (χ4n) is 4.36. The Hall–Kier alpha value is -3.47. The van der Waals surface area contributed by atoms with E-state index in [9.17, 15) is 23.2 Å². The van der Waals surface area contributed by atoms with Gasteiger partial charge in [-0.2, -0.15) is 0 Å². The summed E-state index contributed by atoms with van der Waals surface area (Å²) >= 11 is 1.32. The van der Waals surface area contributed by atoms with Crippen molar-refractivity contribution < 1.29 is 23.2 Å². The van der Waals surface area contributed by atoms with Crippen molar-refractivity contribution in [3.63, 3.8) is 0 Å². The molecule has 0 spiro atoms. The number of hydrogen-bond donors (Lipinski definition) is 2. The average molecular weight is 471 g/mol. The number of carbonyl (C=O) groups is 3. The monoisotopic (exact) mass is 471 g/mol. The molecule has 3 aromatic rings. The number of rotatable bonds is 6. The Labute approximate surface area is 191 Å². The number of benzene rings is 1. The van der Waals surface area contributed by atoms with E-state index in [4.69, 9.17) is 0 Å². The lowest BCUT2D eigenvalue weighted by Crippen LogP contribution is -2.40. The summed E-state index contributed by atoms with van der Waals surface area (Å²) in [5.74, 6) is -4.13. The number of nitrogens with one attached hydrogen (secondary N) is 2. The minimum absolute atomic E-state index is 0.0922. The highest BCUT2D eigenvalue weighted by atomic mass is 32.1. The molecule has 2 amide bonds. The summed E-state index contributed by atoms with van der Waals surface area (Å²) in [5, 5.41) is 13.9. The number of amides is 2. The maximum Gasteiger partial charge on any atom is 0.294 e. The van der Waals surface area contributed by atoms with Crippen LogP contribution in [0.15, 0.2) is 23.7 Å². The van der Waals surface area contributed by atoms with Crippen LogP contribution in [0, 0.1) is 18.6 Å². The van der Waals surface area contributed by atoms with Crippen molar-refractivity contribution in [2.75, 3.05) is 5.32 Å². The fourth-order valence-corrected chi connectivity index (χ4v) is 5.13. The lowest BCUT2D eigenvalue weighted by atomic mass is 10.0. The first-order valence-electron chi connectivity index (χ1n) is 10.4. The Morgan fingerprint density at radius 3 is 2.64 bits per heavy atom. The molecular formula is C22H19F2N5O3S. The highest BCUT2D eigenvalue weighted by molar-refractivity contribution is 7.09. The Balaban J connectivity index is 1.43. The fraction of sp³-hybridized carbons (Fsp3) is 0.318. The second-order valence-corrected chi connectivity index (χ2v) is 9.08. The van der Waals surface area contributed by atoms with Crippen molar-refractivity contribution in [3.05, 3.63) is 62.9 Å². The van der Waals surface area contributed by atoms with Gasteiger partial charge in [0.05, 0.1) is 16.8 Å². The molecule has 11 heteroatoms. The number of nitrogens with zero attached hydrogens (tertiary/aromatic N) is 3. The first-order valence-corrected chi connectivity index (χ1v) is 11.3. The van der Waals surface area contributed by atoms with E-state index < -0.39 is 34.8 Å². The molecule has 1 aromatic carbocycles. The van der Waals surface area contributed by atoms with Gasteiger partial charge in [-0.25, -0.2) is 8.78 Å². The van der Waals surface area contributed by atoms with Crippen LogP contribution in [0.25, 0.3) is 0 Å². The normalized spacial score (nSPS) is 15.7. The molecule has 2 aromatic heterocycles. The number of fused-ring (bicyclic) bond motifs is 1. The summed E-state index contributed by atoms with van der Waals surface area (Å²) in [4.78, 5) is 39.1. The van der Waals surface area contributed by atoms with Gasteiger partial charge in [0.25, 0.3) is 17.6 Å². The highest BCUT2D eigenvalue weighted by Crippen LogP contribution is 2.46. The van der Waals surface area contributed by atoms with Crippen LogP contribution < -0.4 is 10.6 Å². The predicted molar refractivity (Wildman–Crippen MR) is 115 cm³/mol. The molecule has 3 heterocycles. The molecule has 1 aliphatic heterocycles. The molecule has 8 nitrogen and oxygen atoms in total. The average Bonchev–Trinajstić information content (AvgIpc) is 3.14. The molecule has 2 aliphatic rings. The van der Waals surface area contributed by atoms with Crippen LogP contribution in [0.3, 0.4) is 0 Å². The maximum absolute atomic E-state index is 13.5. The van der Waals surface area contributed by atoms with Crippen molar-refractivity contribution in [1.82, 2.24) is 20.1 Å². The van der Waals surface area contributed by atoms with E-state index in [0.29, 0.717) is 42.1 Å². The zero-order chi connectivity index (χ0) is 23.3. The predicted octanol–water partition coefficient (Wildman–Crippen LogP) is 3.11. The highest BCUT2D eigenvalue weighted by Gasteiger charge is 2.49. The quantitative estimate of drug-likeness (QED) is 0.425. The van der Waals surface area contributed by atoms with Crippen molar-refractivity contribution >= 4 is 34.6 Å². The van der Waals surface area contributed by atoms with Crippen LogP contribution >= 0.6 is 11.3 Å². The zero-order valence-electron chi connectivity index (χ0n) is 17.6. The number of anilines is 1. The first kappa shape index (κ1) is 21.4. The standard InChI is InChI=1S/C22H19F2N5O3S/c1-11-16(19(31)26-12-4-5-13(23)14(24)9-12)15-3-2-8-29(15)17(11)18(30)20(32)27-22(6-7-22)21-28-25-10-33-21/h4-5,9-10H,2-3,6-8H2,1H3,(H,26,31)(H,27,32). The molecule has 0 bridgehead atoms. The van der Waals surface area contributed by atoms with E-state index in [0.717, 1.165) is 18.6 Å². The Morgan fingerprint density at radius 1 is 1.18 bits per heavy atom. The Kier molecular flexibility index (Phi) is 5.08. The number of carbonyl (C=O) groups excluding carboxylic acids is 3. The van der Waals surface area contributed by atoms with Gasteiger partial charge in [-0.3, -0.25) is 14.4 Å². The Morgan fingerprint density at radius 2 is 1.97 bits per heavy atom. The third kappa shape index (κ3) is 3.62. The Bertz CT molecular complexity index is 1300. The summed E-state index contributed by atoms with van der Waals surface area (Å²) in [5.41, 5.74) is 2.48. The van der Waals surface area contributed by atoms with Crippen LogP contribution in [0.4, 0.5) is 14.5 Å². The third-order valence-corrected chi connectivity index (χ3v) is 7.00. The largest absolute Gasteiger partial charge is 0.341 e. The SMILES string of the molecule is Cc1c(C(=O)Nc2ccc(F)c(F)c2)c2n(c1C(=O)C(=O)NC1(c3nncs3)CC1)CCC2. The molecule has 0 radical (unpaired) electrons. The topological polar surface area (TPSA) is 106 Å². The number of ketones is 1. The van der Waals surface area contributed by atoms with Crippen LogP contribution in [0.5, 0.6) is 0 Å². The molecule has 170 valence electrons. The van der Waals surface area contributed by atoms with E-state index in [1.807, 2.05) is 0 Å². The van der Waals surface area contributed by atoms with E-state index in [2.05, 4.69) is 20.8 Å². The van der Waals surface area contributed by atoms with E-state index >= 15 is 0 Å². The van der Waals surface area contributed by atoms with E-state index in [1.165, 1.54) is 17.4 Å². The lowest BCUT2D eigenvalue weighted by Gasteiger charge is -2.14. The van der Waals surface area contributed by atoms with Crippen LogP contribution in [-0.2, 0) is 23.3 Å². The van der Waals surface area contributed by atoms with Crippen molar-refractivity contribution in [1.29, 1.82) is 0 Å². The zero-order valence-corrected chi connectivity index (χ0v) is 18.4. The number of halogens is 2. The minimum atomic E-state index is -1.08. The van der Waals surface area contributed by atoms with Gasteiger partial charge < -0.3 is 15.2 Å². The van der Waals surface area contributed by atoms with Gasteiger partial charge in [0, 0.05) is 24.0 Å². The first-order chi connectivity index (χ1) is 15.8. The molecular weight excluding hydrogens is 452 g/mol. The molecule has 0 saturated heterocycles. The second kappa shape index (κ2) is 7.84. The van der Waals surface area contributed by atoms with Gasteiger partial charge in [-0.1, -0.05) is 0 Å². The van der Waals surface area contributed by atoms with Gasteiger partial charge in [-0.15, -0.1) is 21.5 Å². The van der Waals surface area contributed by atoms with E-state index in [1.54, 1.807) is 17.0 Å². The lowest BCUT2D eigenvalue weighted by molar-refractivity contribution is -0.118. The molecule has 33 heavy (non-hydrogen) atoms. The summed E-state index contributed by atoms with van der Waals surface area (Å²) in [6, 6.07) is 3.07. The number of Topliss-reactive ketones (excluding diaryl/α,β-unsaturated/α-hetero) is 1. The van der Waals surface area contributed by atoms with Gasteiger partial charge in [0.2, 0.25) is 0 Å². The van der Waals surface area contributed by atoms with Gasteiger partial charge in [-0.05, 0) is 50.3 Å². The van der Waals surface area contributed by atoms with Crippen LogP contribution in [0.2, 0.25) is 0 Å². The molecule has 1 aliphatic carbocycles. The number of aromatic nitrogens is 3. The smallest absolute Gasteiger partial charge is 0.294 e. The van der Waals surface area contributed by atoms with Crippen LogP contribution in [-0.4, -0.2) is 32.4 Å². The number of hydrogen-bond acceptors (Lipinski definition) is 6. The van der Waals surface area contributed by atoms with E-state index in [-0.39, 0.29) is 16.9 Å². The minimum Gasteiger partial charge on any atom is -0.341 e. The van der Waals surface area contributed by atoms with Crippen molar-refractivity contribution in [2.45, 2.75) is 44.7 Å².